The molecule has 0 aliphatic carbocycles. The highest BCUT2D eigenvalue weighted by molar-refractivity contribution is 5.91. The fraction of sp³-hybridized carbons (Fsp3) is 0.360. The molecule has 2 N–H and O–H groups in total. The largest absolute Gasteiger partial charge is 0.495 e. The average Bonchev–Trinajstić information content (AvgIpc) is 3.28. The average molecular weight is 436 g/mol. The molecule has 7 nitrogen and oxygen atoms in total. The number of amides is 2. The van der Waals surface area contributed by atoms with E-state index in [9.17, 15) is 9.59 Å². The minimum atomic E-state index is -0.301. The molecule has 1 aliphatic rings. The molecule has 2 heterocycles. The van der Waals surface area contributed by atoms with Crippen LogP contribution in [0.3, 0.4) is 0 Å². The smallest absolute Gasteiger partial charge is 0.322 e. The molecule has 7 heteroatoms. The zero-order chi connectivity index (χ0) is 22.7. The first-order valence-electron chi connectivity index (χ1n) is 10.9. The Morgan fingerprint density at radius 2 is 2.06 bits per heavy atom. The van der Waals surface area contributed by atoms with Gasteiger partial charge >= 0.3 is 6.03 Å². The number of nitrogens with one attached hydrogen (secondary N) is 2. The number of carbonyl (C=O) groups excluding carboxylic acids is 1. The second-order valence-corrected chi connectivity index (χ2v) is 8.32. The molecule has 2 aromatic carbocycles. The predicted octanol–water partition coefficient (Wildman–Crippen LogP) is 4.37. The number of H-pyrrole nitrogens is 1. The number of anilines is 1. The quantitative estimate of drug-likeness (QED) is 0.602. The summed E-state index contributed by atoms with van der Waals surface area (Å²) >= 11 is 0. The van der Waals surface area contributed by atoms with E-state index in [1.165, 1.54) is 0 Å². The molecule has 0 saturated carbocycles. The number of hydrogen-bond acceptors (Lipinski definition) is 4. The summed E-state index contributed by atoms with van der Waals surface area (Å²) < 4.78 is 11.1. The lowest BCUT2D eigenvalue weighted by Crippen LogP contribution is -2.40. The number of carbonyl (C=O) groups is 1. The summed E-state index contributed by atoms with van der Waals surface area (Å²) in [6.07, 6.45) is 1.83. The van der Waals surface area contributed by atoms with E-state index in [4.69, 9.17) is 9.47 Å². The number of aryl methyl sites for hydroxylation is 2. The number of para-hydroxylation sites is 2. The number of aromatic nitrogens is 1. The van der Waals surface area contributed by atoms with Crippen LogP contribution in [0.25, 0.3) is 10.9 Å². The first kappa shape index (κ1) is 21.9. The summed E-state index contributed by atoms with van der Waals surface area (Å²) in [5.41, 5.74) is 3.90. The molecule has 1 aromatic heterocycles. The Hall–Kier alpha value is -3.32. The summed E-state index contributed by atoms with van der Waals surface area (Å²) in [4.78, 5) is 30.7. The van der Waals surface area contributed by atoms with Gasteiger partial charge in [0.05, 0.1) is 31.0 Å². The van der Waals surface area contributed by atoms with Crippen LogP contribution in [0.5, 0.6) is 5.75 Å². The van der Waals surface area contributed by atoms with E-state index in [0.29, 0.717) is 30.2 Å². The minimum Gasteiger partial charge on any atom is -0.495 e. The molecule has 0 unspecified atom stereocenters. The number of urea groups is 1. The summed E-state index contributed by atoms with van der Waals surface area (Å²) in [6.45, 7) is 5.29. The molecule has 0 spiro atoms. The molecule has 1 saturated heterocycles. The van der Waals surface area contributed by atoms with Crippen molar-refractivity contribution < 1.29 is 14.3 Å². The molecule has 32 heavy (non-hydrogen) atoms. The topological polar surface area (TPSA) is 83.7 Å². The first-order chi connectivity index (χ1) is 15.4. The van der Waals surface area contributed by atoms with Crippen LogP contribution < -0.4 is 15.6 Å². The van der Waals surface area contributed by atoms with Gasteiger partial charge in [0.2, 0.25) is 0 Å². The lowest BCUT2D eigenvalue weighted by molar-refractivity contribution is 0.0818. The Morgan fingerprint density at radius 1 is 1.25 bits per heavy atom. The molecule has 1 atom stereocenters. The molecule has 0 bridgehead atoms. The van der Waals surface area contributed by atoms with Crippen LogP contribution in [-0.2, 0) is 11.3 Å². The molecule has 1 aliphatic heterocycles. The third kappa shape index (κ3) is 4.78. The highest BCUT2D eigenvalue weighted by Gasteiger charge is 2.24. The Kier molecular flexibility index (Phi) is 6.46. The van der Waals surface area contributed by atoms with E-state index in [1.54, 1.807) is 24.1 Å². The van der Waals surface area contributed by atoms with Gasteiger partial charge in [-0.25, -0.2) is 4.79 Å². The van der Waals surface area contributed by atoms with Gasteiger partial charge in [0, 0.05) is 18.7 Å². The van der Waals surface area contributed by atoms with Crippen molar-refractivity contribution >= 4 is 22.6 Å². The van der Waals surface area contributed by atoms with Crippen LogP contribution in [0, 0.1) is 13.8 Å². The van der Waals surface area contributed by atoms with Crippen LogP contribution in [-0.4, -0.2) is 42.3 Å². The maximum Gasteiger partial charge on any atom is 0.322 e. The molecule has 0 radical (unpaired) electrons. The van der Waals surface area contributed by atoms with E-state index >= 15 is 0 Å². The zero-order valence-electron chi connectivity index (χ0n) is 18.7. The summed E-state index contributed by atoms with van der Waals surface area (Å²) in [5, 5.41) is 3.88. The third-order valence-corrected chi connectivity index (χ3v) is 5.82. The van der Waals surface area contributed by atoms with Gasteiger partial charge in [-0.2, -0.15) is 0 Å². The van der Waals surface area contributed by atoms with Crippen molar-refractivity contribution in [1.82, 2.24) is 9.88 Å². The number of nitrogens with zero attached hydrogens (tertiary/aromatic N) is 1. The predicted molar refractivity (Wildman–Crippen MR) is 125 cm³/mol. The number of rotatable bonds is 6. The van der Waals surface area contributed by atoms with Crippen molar-refractivity contribution in [3.8, 4) is 5.75 Å². The van der Waals surface area contributed by atoms with Crippen LogP contribution in [0.2, 0.25) is 0 Å². The van der Waals surface area contributed by atoms with Gasteiger partial charge in [0.1, 0.15) is 5.75 Å². The molecular formula is C25H29N3O4. The standard InChI is InChI=1S/C25H29N3O4/c1-16-11-17(2)23-18(12-16)13-19(24(29)27-23)14-28(15-20-7-6-10-32-20)25(30)26-21-8-4-5-9-22(21)31-3/h4-5,8-9,11-13,20H,6-7,10,14-15H2,1-3H3,(H,26,30)(H,27,29)/t20-/m0/s1. The van der Waals surface area contributed by atoms with Crippen molar-refractivity contribution in [2.75, 3.05) is 25.6 Å². The van der Waals surface area contributed by atoms with Gasteiger partial charge in [-0.05, 0) is 61.9 Å². The number of fused-ring (bicyclic) bond motifs is 1. The van der Waals surface area contributed by atoms with E-state index in [0.717, 1.165) is 34.9 Å². The fourth-order valence-electron chi connectivity index (χ4n) is 4.25. The highest BCUT2D eigenvalue weighted by Crippen LogP contribution is 2.24. The normalized spacial score (nSPS) is 15.7. The molecule has 3 aromatic rings. The van der Waals surface area contributed by atoms with Gasteiger partial charge in [0.25, 0.3) is 5.56 Å². The minimum absolute atomic E-state index is 0.0394. The Labute approximate surface area is 187 Å². The lowest BCUT2D eigenvalue weighted by Gasteiger charge is -2.26. The summed E-state index contributed by atoms with van der Waals surface area (Å²) in [6, 6.07) is 12.9. The summed E-state index contributed by atoms with van der Waals surface area (Å²) in [5.74, 6) is 0.576. The fourth-order valence-corrected chi connectivity index (χ4v) is 4.25. The van der Waals surface area contributed by atoms with Gasteiger partial charge in [-0.1, -0.05) is 23.8 Å². The molecule has 4 rings (SSSR count). The molecule has 168 valence electrons. The number of ether oxygens (including phenoxy) is 2. The SMILES string of the molecule is COc1ccccc1NC(=O)N(Cc1cc2cc(C)cc(C)c2[nH]c1=O)C[C@@H]1CCCO1. The van der Waals surface area contributed by atoms with Crippen LogP contribution in [0.15, 0.2) is 47.3 Å². The number of aromatic amines is 1. The molecular weight excluding hydrogens is 406 g/mol. The zero-order valence-corrected chi connectivity index (χ0v) is 18.7. The summed E-state index contributed by atoms with van der Waals surface area (Å²) in [7, 11) is 1.56. The molecule has 2 amide bonds. The van der Waals surface area contributed by atoms with E-state index in [1.807, 2.05) is 44.2 Å². The number of hydrogen-bond donors (Lipinski definition) is 2. The van der Waals surface area contributed by atoms with Gasteiger partial charge < -0.3 is 24.7 Å². The van der Waals surface area contributed by atoms with E-state index in [2.05, 4.69) is 10.3 Å². The maximum atomic E-state index is 13.2. The number of pyridine rings is 1. The van der Waals surface area contributed by atoms with E-state index in [-0.39, 0.29) is 24.2 Å². The Bertz CT molecular complexity index is 1180. The second-order valence-electron chi connectivity index (χ2n) is 8.32. The third-order valence-electron chi connectivity index (χ3n) is 5.82. The van der Waals surface area contributed by atoms with Crippen molar-refractivity contribution in [1.29, 1.82) is 0 Å². The monoisotopic (exact) mass is 435 g/mol. The molecule has 1 fully saturated rings. The number of methoxy groups -OCH3 is 1. The lowest BCUT2D eigenvalue weighted by atomic mass is 10.1. The van der Waals surface area contributed by atoms with Crippen LogP contribution in [0.4, 0.5) is 10.5 Å². The van der Waals surface area contributed by atoms with Crippen molar-refractivity contribution in [2.45, 2.75) is 39.3 Å². The van der Waals surface area contributed by atoms with Crippen LogP contribution >= 0.6 is 0 Å². The van der Waals surface area contributed by atoms with Gasteiger partial charge in [-0.15, -0.1) is 0 Å². The maximum absolute atomic E-state index is 13.2. The van der Waals surface area contributed by atoms with Gasteiger partial charge in [0.15, 0.2) is 0 Å². The van der Waals surface area contributed by atoms with Crippen molar-refractivity contribution in [3.63, 3.8) is 0 Å². The Balaban J connectivity index is 1.64. The van der Waals surface area contributed by atoms with Crippen LogP contribution in [0.1, 0.15) is 29.5 Å². The van der Waals surface area contributed by atoms with Gasteiger partial charge in [-0.3, -0.25) is 4.79 Å². The second kappa shape index (κ2) is 9.44. The van der Waals surface area contributed by atoms with Crippen molar-refractivity contribution in [3.05, 3.63) is 69.5 Å². The van der Waals surface area contributed by atoms with E-state index < -0.39 is 0 Å². The Morgan fingerprint density at radius 3 is 2.81 bits per heavy atom. The number of benzene rings is 2. The van der Waals surface area contributed by atoms with Crippen molar-refractivity contribution in [2.24, 2.45) is 0 Å². The highest BCUT2D eigenvalue weighted by atomic mass is 16.5. The first-order valence-corrected chi connectivity index (χ1v) is 10.9.